The van der Waals surface area contributed by atoms with Crippen molar-refractivity contribution >= 4 is 17.8 Å². The number of hydrogen-bond acceptors (Lipinski definition) is 7. The number of aromatic amines is 1. The van der Waals surface area contributed by atoms with E-state index < -0.39 is 5.91 Å². The first-order chi connectivity index (χ1) is 16.0. The number of H-pyrrole nitrogens is 1. The van der Waals surface area contributed by atoms with Gasteiger partial charge in [0.2, 0.25) is 11.9 Å². The molecule has 10 nitrogen and oxygen atoms in total. The first-order valence-corrected chi connectivity index (χ1v) is 10.5. The van der Waals surface area contributed by atoms with Crippen molar-refractivity contribution in [2.24, 2.45) is 0 Å². The topological polar surface area (TPSA) is 127 Å². The fourth-order valence-corrected chi connectivity index (χ4v) is 2.90. The molecule has 33 heavy (non-hydrogen) atoms. The van der Waals surface area contributed by atoms with Gasteiger partial charge in [-0.05, 0) is 42.8 Å². The predicted octanol–water partition coefficient (Wildman–Crippen LogP) is 3.04. The monoisotopic (exact) mass is 453 g/mol. The van der Waals surface area contributed by atoms with Crippen molar-refractivity contribution in [1.82, 2.24) is 20.5 Å². The Bertz CT molecular complexity index is 1080. The number of amides is 2. The summed E-state index contributed by atoms with van der Waals surface area (Å²) < 4.78 is 16.1. The third-order valence-corrected chi connectivity index (χ3v) is 4.69. The van der Waals surface area contributed by atoms with Gasteiger partial charge >= 0.3 is 0 Å². The summed E-state index contributed by atoms with van der Waals surface area (Å²) in [7, 11) is 3.10. The van der Waals surface area contributed by atoms with Crippen molar-refractivity contribution in [1.29, 1.82) is 0 Å². The Hall–Kier alpha value is -4.08. The van der Waals surface area contributed by atoms with E-state index in [1.807, 2.05) is 0 Å². The minimum Gasteiger partial charge on any atom is -0.497 e. The van der Waals surface area contributed by atoms with E-state index in [1.54, 1.807) is 49.6 Å². The molecule has 0 aliphatic heterocycles. The highest BCUT2D eigenvalue weighted by molar-refractivity contribution is 5.98. The number of nitrogens with zero attached hydrogens (tertiary/aromatic N) is 2. The normalized spacial score (nSPS) is 10.4. The van der Waals surface area contributed by atoms with Crippen LogP contribution < -0.4 is 24.8 Å². The molecular weight excluding hydrogens is 426 g/mol. The molecule has 3 aromatic rings. The maximum absolute atomic E-state index is 12.3. The van der Waals surface area contributed by atoms with Crippen molar-refractivity contribution < 1.29 is 23.8 Å². The lowest BCUT2D eigenvalue weighted by molar-refractivity contribution is -0.115. The Morgan fingerprint density at radius 3 is 2.48 bits per heavy atom. The number of aromatic nitrogens is 3. The Balaban J connectivity index is 1.52. The second kappa shape index (κ2) is 11.5. The number of ether oxygens (including phenoxy) is 3. The summed E-state index contributed by atoms with van der Waals surface area (Å²) in [6.07, 6.45) is 2.02. The van der Waals surface area contributed by atoms with Crippen molar-refractivity contribution in [3.8, 4) is 28.6 Å². The minimum absolute atomic E-state index is 0.0794. The van der Waals surface area contributed by atoms with Crippen LogP contribution in [0.25, 0.3) is 11.4 Å². The van der Waals surface area contributed by atoms with E-state index >= 15 is 0 Å². The third-order valence-electron chi connectivity index (χ3n) is 4.69. The Kier molecular flexibility index (Phi) is 8.23. The van der Waals surface area contributed by atoms with Crippen LogP contribution in [0.3, 0.4) is 0 Å². The molecule has 0 radical (unpaired) electrons. The molecule has 3 N–H and O–H groups in total. The second-order valence-electron chi connectivity index (χ2n) is 7.03. The van der Waals surface area contributed by atoms with Gasteiger partial charge in [0.1, 0.15) is 17.2 Å². The average molecular weight is 453 g/mol. The van der Waals surface area contributed by atoms with Crippen LogP contribution in [0.1, 0.15) is 30.1 Å². The first kappa shape index (κ1) is 23.6. The molecule has 0 bridgehead atoms. The summed E-state index contributed by atoms with van der Waals surface area (Å²) in [5, 5.41) is 11.9. The van der Waals surface area contributed by atoms with Crippen LogP contribution in [-0.4, -0.2) is 54.4 Å². The molecule has 0 unspecified atom stereocenters. The number of anilines is 1. The molecule has 0 spiro atoms. The fraction of sp³-hybridized carbons (Fsp3) is 0.304. The molecular formula is C23H27N5O5. The molecule has 0 saturated carbocycles. The Morgan fingerprint density at radius 1 is 1.03 bits per heavy atom. The van der Waals surface area contributed by atoms with Gasteiger partial charge in [-0.25, -0.2) is 0 Å². The van der Waals surface area contributed by atoms with Crippen LogP contribution in [0.4, 0.5) is 5.95 Å². The van der Waals surface area contributed by atoms with Gasteiger partial charge in [0.05, 0.1) is 32.9 Å². The average Bonchev–Trinajstić information content (AvgIpc) is 3.30. The van der Waals surface area contributed by atoms with Crippen LogP contribution in [0, 0.1) is 0 Å². The van der Waals surface area contributed by atoms with Gasteiger partial charge in [0.25, 0.3) is 5.91 Å². The summed E-state index contributed by atoms with van der Waals surface area (Å²) in [6, 6.07) is 12.0. The number of benzene rings is 2. The van der Waals surface area contributed by atoms with Crippen molar-refractivity contribution in [2.45, 2.75) is 19.8 Å². The van der Waals surface area contributed by atoms with Gasteiger partial charge in [-0.3, -0.25) is 20.0 Å². The number of methoxy groups -OCH3 is 2. The van der Waals surface area contributed by atoms with Crippen molar-refractivity contribution in [3.05, 3.63) is 48.0 Å². The van der Waals surface area contributed by atoms with E-state index in [9.17, 15) is 9.59 Å². The van der Waals surface area contributed by atoms with Gasteiger partial charge in [-0.2, -0.15) is 4.98 Å². The number of nitrogens with one attached hydrogen (secondary N) is 3. The van der Waals surface area contributed by atoms with Gasteiger partial charge in [0, 0.05) is 11.6 Å². The lowest BCUT2D eigenvalue weighted by Crippen LogP contribution is -2.33. The number of carbonyl (C=O) groups is 2. The van der Waals surface area contributed by atoms with Crippen molar-refractivity contribution in [2.75, 3.05) is 32.7 Å². The van der Waals surface area contributed by atoms with Crippen LogP contribution in [0.2, 0.25) is 0 Å². The largest absolute Gasteiger partial charge is 0.497 e. The zero-order valence-corrected chi connectivity index (χ0v) is 18.8. The van der Waals surface area contributed by atoms with Gasteiger partial charge in [-0.1, -0.05) is 13.3 Å². The summed E-state index contributed by atoms with van der Waals surface area (Å²) in [5.74, 6) is 1.53. The molecule has 0 aliphatic rings. The maximum atomic E-state index is 12.3. The summed E-state index contributed by atoms with van der Waals surface area (Å²) in [6.45, 7) is 2.49. The van der Waals surface area contributed by atoms with Crippen LogP contribution >= 0.6 is 0 Å². The summed E-state index contributed by atoms with van der Waals surface area (Å²) in [4.78, 5) is 28.8. The molecule has 3 rings (SSSR count). The molecule has 1 heterocycles. The Morgan fingerprint density at radius 2 is 1.79 bits per heavy atom. The van der Waals surface area contributed by atoms with Gasteiger partial charge in [-0.15, -0.1) is 5.10 Å². The highest BCUT2D eigenvalue weighted by Gasteiger charge is 2.14. The number of unbranched alkanes of at least 4 members (excludes halogenated alkanes) is 1. The van der Waals surface area contributed by atoms with E-state index in [0.717, 1.165) is 12.8 Å². The highest BCUT2D eigenvalue weighted by Crippen LogP contribution is 2.31. The molecule has 0 aliphatic carbocycles. The number of carbonyl (C=O) groups excluding carboxylic acids is 2. The van der Waals surface area contributed by atoms with Crippen LogP contribution in [0.15, 0.2) is 42.5 Å². The molecule has 0 atom stereocenters. The minimum atomic E-state index is -0.463. The first-order valence-electron chi connectivity index (χ1n) is 10.5. The van der Waals surface area contributed by atoms with Crippen LogP contribution in [-0.2, 0) is 4.79 Å². The van der Waals surface area contributed by atoms with E-state index in [2.05, 4.69) is 32.7 Å². The molecule has 2 aromatic carbocycles. The Labute approximate surface area is 191 Å². The molecule has 0 fully saturated rings. The summed E-state index contributed by atoms with van der Waals surface area (Å²) in [5.41, 5.74) is 1.08. The SMILES string of the molecule is CCCCOc1ccc(C(=O)NCC(=O)Nc2n[nH]c(-c3ccc(OC)cc3OC)n2)cc1. The molecule has 174 valence electrons. The standard InChI is InChI=1S/C23H27N5O5/c1-4-5-12-33-16-8-6-15(7-9-16)22(30)24-14-20(29)25-23-26-21(27-28-23)18-11-10-17(31-2)13-19(18)32-3/h6-11,13H,4-5,12,14H2,1-3H3,(H,24,30)(H2,25,26,27,28,29). The lowest BCUT2D eigenvalue weighted by Gasteiger charge is -2.08. The van der Waals surface area contributed by atoms with Gasteiger partial charge < -0.3 is 19.5 Å². The molecule has 0 saturated heterocycles. The van der Waals surface area contributed by atoms with E-state index in [0.29, 0.717) is 40.8 Å². The fourth-order valence-electron chi connectivity index (χ4n) is 2.90. The van der Waals surface area contributed by atoms with E-state index in [1.165, 1.54) is 7.11 Å². The molecule has 10 heteroatoms. The zero-order chi connectivity index (χ0) is 23.6. The smallest absolute Gasteiger partial charge is 0.251 e. The van der Waals surface area contributed by atoms with Crippen molar-refractivity contribution in [3.63, 3.8) is 0 Å². The van der Waals surface area contributed by atoms with E-state index in [4.69, 9.17) is 14.2 Å². The number of rotatable bonds is 11. The highest BCUT2D eigenvalue weighted by atomic mass is 16.5. The maximum Gasteiger partial charge on any atom is 0.251 e. The molecule has 1 aromatic heterocycles. The summed E-state index contributed by atoms with van der Waals surface area (Å²) >= 11 is 0. The lowest BCUT2D eigenvalue weighted by atomic mass is 10.2. The third kappa shape index (κ3) is 6.45. The van der Waals surface area contributed by atoms with Crippen LogP contribution in [0.5, 0.6) is 17.2 Å². The van der Waals surface area contributed by atoms with Gasteiger partial charge in [0.15, 0.2) is 5.82 Å². The zero-order valence-electron chi connectivity index (χ0n) is 18.8. The van der Waals surface area contributed by atoms with E-state index in [-0.39, 0.29) is 18.4 Å². The number of hydrogen-bond donors (Lipinski definition) is 3. The molecule has 2 amide bonds. The second-order valence-corrected chi connectivity index (χ2v) is 7.03. The predicted molar refractivity (Wildman–Crippen MR) is 123 cm³/mol. The quantitative estimate of drug-likeness (QED) is 0.381.